The molecule has 5 nitrogen and oxygen atoms in total. The van der Waals surface area contributed by atoms with Gasteiger partial charge in [0, 0.05) is 17.8 Å². The third-order valence-corrected chi connectivity index (χ3v) is 4.01. The van der Waals surface area contributed by atoms with Crippen LogP contribution in [0, 0.1) is 6.92 Å². The van der Waals surface area contributed by atoms with E-state index in [0.29, 0.717) is 17.6 Å². The lowest BCUT2D eigenvalue weighted by Gasteiger charge is -2.19. The molecule has 2 N–H and O–H groups in total. The smallest absolute Gasteiger partial charge is 0.274 e. The number of anilines is 2. The van der Waals surface area contributed by atoms with Gasteiger partial charge in [0.1, 0.15) is 17.3 Å². The second kappa shape index (κ2) is 6.23. The highest BCUT2D eigenvalue weighted by Gasteiger charge is 2.22. The van der Waals surface area contributed by atoms with Crippen LogP contribution >= 0.6 is 0 Å². The van der Waals surface area contributed by atoms with Gasteiger partial charge in [0.15, 0.2) is 0 Å². The summed E-state index contributed by atoms with van der Waals surface area (Å²) in [6.07, 6.45) is 2.31. The van der Waals surface area contributed by atoms with E-state index in [9.17, 15) is 4.79 Å². The van der Waals surface area contributed by atoms with Gasteiger partial charge in [0.25, 0.3) is 5.91 Å². The molecule has 0 unspecified atom stereocenters. The predicted octanol–water partition coefficient (Wildman–Crippen LogP) is 3.91. The maximum Gasteiger partial charge on any atom is 0.274 e. The topological polar surface area (TPSA) is 66.9 Å². The largest absolute Gasteiger partial charge is 0.367 e. The zero-order chi connectivity index (χ0) is 17.3. The Balaban J connectivity index is 1.73. The molecule has 1 saturated carbocycles. The monoisotopic (exact) mass is 324 g/mol. The molecule has 1 aliphatic carbocycles. The Labute approximate surface area is 142 Å². The number of aryl methyl sites for hydroxylation is 1. The van der Waals surface area contributed by atoms with E-state index in [4.69, 9.17) is 0 Å². The van der Waals surface area contributed by atoms with Crippen LogP contribution in [0.3, 0.4) is 0 Å². The van der Waals surface area contributed by atoms with Crippen molar-refractivity contribution >= 4 is 17.4 Å². The second-order valence-electron chi connectivity index (χ2n) is 7.39. The number of hydrogen-bond donors (Lipinski definition) is 2. The van der Waals surface area contributed by atoms with Gasteiger partial charge < -0.3 is 10.6 Å². The van der Waals surface area contributed by atoms with Gasteiger partial charge >= 0.3 is 0 Å². The predicted molar refractivity (Wildman–Crippen MR) is 96.5 cm³/mol. The number of benzene rings is 1. The number of amides is 1. The fourth-order valence-electron chi connectivity index (χ4n) is 2.44. The minimum atomic E-state index is -0.220. The van der Waals surface area contributed by atoms with E-state index in [1.54, 1.807) is 13.0 Å². The summed E-state index contributed by atoms with van der Waals surface area (Å²) in [7, 11) is 0. The molecule has 3 rings (SSSR count). The Hall–Kier alpha value is -2.43. The summed E-state index contributed by atoms with van der Waals surface area (Å²) < 4.78 is 0. The molecular formula is C19H24N4O. The second-order valence-corrected chi connectivity index (χ2v) is 7.39. The molecule has 0 saturated heterocycles. The summed E-state index contributed by atoms with van der Waals surface area (Å²) in [5.41, 5.74) is 2.47. The summed E-state index contributed by atoms with van der Waals surface area (Å²) >= 11 is 0. The lowest BCUT2D eigenvalue weighted by atomic mass is 9.87. The van der Waals surface area contributed by atoms with Crippen LogP contribution in [-0.4, -0.2) is 21.9 Å². The molecule has 1 amide bonds. The highest BCUT2D eigenvalue weighted by Crippen LogP contribution is 2.25. The molecule has 0 bridgehead atoms. The van der Waals surface area contributed by atoms with Gasteiger partial charge in [0.2, 0.25) is 0 Å². The van der Waals surface area contributed by atoms with E-state index in [0.717, 1.165) is 24.3 Å². The average Bonchev–Trinajstić information content (AvgIpc) is 3.30. The maximum atomic E-state index is 12.5. The van der Waals surface area contributed by atoms with Crippen molar-refractivity contribution in [3.05, 3.63) is 47.4 Å². The molecule has 1 aromatic heterocycles. The van der Waals surface area contributed by atoms with Crippen molar-refractivity contribution in [3.63, 3.8) is 0 Å². The molecule has 0 radical (unpaired) electrons. The molecule has 126 valence electrons. The highest BCUT2D eigenvalue weighted by molar-refractivity contribution is 6.03. The quantitative estimate of drug-likeness (QED) is 0.895. The summed E-state index contributed by atoms with van der Waals surface area (Å²) in [4.78, 5) is 21.1. The molecule has 5 heteroatoms. The molecule has 1 aromatic carbocycles. The Bertz CT molecular complexity index is 743. The number of nitrogens with one attached hydrogen (secondary N) is 2. The molecular weight excluding hydrogens is 300 g/mol. The van der Waals surface area contributed by atoms with Crippen LogP contribution < -0.4 is 10.6 Å². The van der Waals surface area contributed by atoms with E-state index in [-0.39, 0.29) is 11.3 Å². The number of rotatable bonds is 4. The van der Waals surface area contributed by atoms with Crippen LogP contribution in [0.15, 0.2) is 30.3 Å². The first-order valence-corrected chi connectivity index (χ1v) is 8.35. The number of aromatic nitrogens is 2. The summed E-state index contributed by atoms with van der Waals surface area (Å²) in [5, 5.41) is 6.21. The molecule has 24 heavy (non-hydrogen) atoms. The van der Waals surface area contributed by atoms with Crippen LogP contribution in [-0.2, 0) is 5.41 Å². The fourth-order valence-corrected chi connectivity index (χ4v) is 2.44. The third-order valence-electron chi connectivity index (χ3n) is 4.01. The van der Waals surface area contributed by atoms with Crippen molar-refractivity contribution in [2.45, 2.75) is 52.0 Å². The lowest BCUT2D eigenvalue weighted by Crippen LogP contribution is -2.16. The molecule has 0 spiro atoms. The fraction of sp³-hybridized carbons (Fsp3) is 0.421. The van der Waals surface area contributed by atoms with Gasteiger partial charge in [-0.25, -0.2) is 9.97 Å². The molecule has 1 aliphatic rings. The molecule has 1 fully saturated rings. The number of carbonyl (C=O) groups is 1. The SMILES string of the molecule is Cc1nc(NC2CC2)cc(C(=O)Nc2ccc(C(C)(C)C)cc2)n1. The van der Waals surface area contributed by atoms with Crippen molar-refractivity contribution in [3.8, 4) is 0 Å². The van der Waals surface area contributed by atoms with Gasteiger partial charge in [-0.2, -0.15) is 0 Å². The van der Waals surface area contributed by atoms with Gasteiger partial charge in [-0.1, -0.05) is 32.9 Å². The van der Waals surface area contributed by atoms with Crippen molar-refractivity contribution in [1.29, 1.82) is 0 Å². The molecule has 1 heterocycles. The maximum absolute atomic E-state index is 12.5. The van der Waals surface area contributed by atoms with Crippen LogP contribution in [0.5, 0.6) is 0 Å². The van der Waals surface area contributed by atoms with E-state index in [1.807, 2.05) is 24.3 Å². The van der Waals surface area contributed by atoms with Crippen molar-refractivity contribution < 1.29 is 4.79 Å². The van der Waals surface area contributed by atoms with Crippen LogP contribution in [0.4, 0.5) is 11.5 Å². The van der Waals surface area contributed by atoms with Crippen molar-refractivity contribution in [2.75, 3.05) is 10.6 Å². The van der Waals surface area contributed by atoms with Crippen LogP contribution in [0.25, 0.3) is 0 Å². The Kier molecular flexibility index (Phi) is 4.26. The van der Waals surface area contributed by atoms with Gasteiger partial charge in [-0.3, -0.25) is 4.79 Å². The number of carbonyl (C=O) groups excluding carboxylic acids is 1. The number of nitrogens with zero attached hydrogens (tertiary/aromatic N) is 2. The minimum Gasteiger partial charge on any atom is -0.367 e. The standard InChI is InChI=1S/C19H24N4O/c1-12-20-16(11-17(21-12)22-14-9-10-14)18(24)23-15-7-5-13(6-8-15)19(2,3)4/h5-8,11,14H,9-10H2,1-4H3,(H,23,24)(H,20,21,22). The third kappa shape index (κ3) is 4.10. The lowest BCUT2D eigenvalue weighted by molar-refractivity contribution is 0.102. The van der Waals surface area contributed by atoms with Gasteiger partial charge in [-0.05, 0) is 42.9 Å². The van der Waals surface area contributed by atoms with E-state index < -0.39 is 0 Å². The summed E-state index contributed by atoms with van der Waals surface area (Å²) in [6.45, 7) is 8.29. The van der Waals surface area contributed by atoms with E-state index in [1.165, 1.54) is 5.56 Å². The van der Waals surface area contributed by atoms with Crippen LogP contribution in [0.1, 0.15) is 55.5 Å². The van der Waals surface area contributed by atoms with E-state index in [2.05, 4.69) is 41.4 Å². The average molecular weight is 324 g/mol. The normalized spacial score (nSPS) is 14.3. The number of hydrogen-bond acceptors (Lipinski definition) is 4. The van der Waals surface area contributed by atoms with Crippen molar-refractivity contribution in [1.82, 2.24) is 9.97 Å². The summed E-state index contributed by atoms with van der Waals surface area (Å²) in [6, 6.07) is 10.1. The Morgan fingerprint density at radius 2 is 1.79 bits per heavy atom. The van der Waals surface area contributed by atoms with Crippen molar-refractivity contribution in [2.24, 2.45) is 0 Å². The minimum absolute atomic E-state index is 0.0929. The zero-order valence-corrected chi connectivity index (χ0v) is 14.7. The first kappa shape index (κ1) is 16.4. The molecule has 2 aromatic rings. The van der Waals surface area contributed by atoms with E-state index >= 15 is 0 Å². The zero-order valence-electron chi connectivity index (χ0n) is 14.7. The molecule has 0 aliphatic heterocycles. The first-order valence-electron chi connectivity index (χ1n) is 8.35. The highest BCUT2D eigenvalue weighted by atomic mass is 16.1. The summed E-state index contributed by atoms with van der Waals surface area (Å²) in [5.74, 6) is 1.09. The Morgan fingerprint density at radius 1 is 1.12 bits per heavy atom. The van der Waals surface area contributed by atoms with Gasteiger partial charge in [0.05, 0.1) is 0 Å². The first-order chi connectivity index (χ1) is 11.3. The van der Waals surface area contributed by atoms with Gasteiger partial charge in [-0.15, -0.1) is 0 Å². The molecule has 0 atom stereocenters. The van der Waals surface area contributed by atoms with Crippen LogP contribution in [0.2, 0.25) is 0 Å². The Morgan fingerprint density at radius 3 is 2.38 bits per heavy atom.